The summed E-state index contributed by atoms with van der Waals surface area (Å²) in [6.07, 6.45) is 0. The molecule has 1 amide bonds. The smallest absolute Gasteiger partial charge is 0.326 e. The molecule has 1 N–H and O–H groups in total. The average Bonchev–Trinajstić information content (AvgIpc) is 2.87. The fraction of sp³-hybridized carbons (Fsp3) is 0.222. The third-order valence-electron chi connectivity index (χ3n) is 5.36. The largest absolute Gasteiger partial charge is 0.490 e. The molecule has 0 unspecified atom stereocenters. The molecular formula is C27H26N2O6. The molecule has 0 bridgehead atoms. The van der Waals surface area contributed by atoms with Gasteiger partial charge in [-0.25, -0.2) is 0 Å². The quantitative estimate of drug-likeness (QED) is 0.289. The Morgan fingerprint density at radius 2 is 1.43 bits per heavy atom. The monoisotopic (exact) mass is 474 g/mol. The van der Waals surface area contributed by atoms with Gasteiger partial charge in [-0.2, -0.15) is 0 Å². The molecule has 4 aromatic rings. The van der Waals surface area contributed by atoms with Crippen LogP contribution in [-0.4, -0.2) is 36.3 Å². The van der Waals surface area contributed by atoms with E-state index < -0.39 is 18.5 Å². The van der Waals surface area contributed by atoms with Gasteiger partial charge in [0.15, 0.2) is 23.5 Å². The number of nitrogens with one attached hydrogen (secondary N) is 1. The van der Waals surface area contributed by atoms with Crippen molar-refractivity contribution >= 4 is 39.4 Å². The summed E-state index contributed by atoms with van der Waals surface area (Å²) in [5.74, 6) is 0.0147. The average molecular weight is 475 g/mol. The van der Waals surface area contributed by atoms with Gasteiger partial charge in [-0.1, -0.05) is 24.3 Å². The zero-order valence-electron chi connectivity index (χ0n) is 19.6. The second-order valence-corrected chi connectivity index (χ2v) is 7.69. The number of nitrogens with zero attached hydrogens (tertiary/aromatic N) is 1. The molecule has 0 aliphatic heterocycles. The molecule has 0 saturated heterocycles. The summed E-state index contributed by atoms with van der Waals surface area (Å²) in [4.78, 5) is 37.9. The van der Waals surface area contributed by atoms with Gasteiger partial charge < -0.3 is 24.1 Å². The number of carbonyl (C=O) groups excluding carboxylic acids is 2. The Kier molecular flexibility index (Phi) is 7.30. The number of rotatable bonds is 9. The second-order valence-electron chi connectivity index (χ2n) is 7.69. The molecule has 0 aliphatic carbocycles. The molecule has 3 aromatic carbocycles. The highest BCUT2D eigenvalue weighted by Crippen LogP contribution is 2.30. The molecule has 0 saturated carbocycles. The van der Waals surface area contributed by atoms with Gasteiger partial charge >= 0.3 is 5.97 Å². The summed E-state index contributed by atoms with van der Waals surface area (Å²) in [6.45, 7) is 4.07. The Morgan fingerprint density at radius 3 is 2.06 bits per heavy atom. The first-order valence-corrected chi connectivity index (χ1v) is 11.4. The van der Waals surface area contributed by atoms with Crippen molar-refractivity contribution in [3.63, 3.8) is 0 Å². The fourth-order valence-electron chi connectivity index (χ4n) is 3.89. The topological polar surface area (TPSA) is 95.9 Å². The van der Waals surface area contributed by atoms with Crippen LogP contribution in [-0.2, 0) is 20.9 Å². The summed E-state index contributed by atoms with van der Waals surface area (Å²) in [6, 6.07) is 19.3. The maximum absolute atomic E-state index is 12.8. The summed E-state index contributed by atoms with van der Waals surface area (Å²) >= 11 is 0. The maximum atomic E-state index is 12.8. The lowest BCUT2D eigenvalue weighted by Crippen LogP contribution is -2.24. The Balaban J connectivity index is 1.46. The number of fused-ring (bicyclic) bond motifs is 2. The number of hydrogen-bond acceptors (Lipinski definition) is 6. The van der Waals surface area contributed by atoms with Gasteiger partial charge in [-0.15, -0.1) is 0 Å². The molecule has 8 nitrogen and oxygen atoms in total. The summed E-state index contributed by atoms with van der Waals surface area (Å²) in [5.41, 5.74) is 1.64. The van der Waals surface area contributed by atoms with Crippen LogP contribution in [0.5, 0.6) is 11.5 Å². The Labute approximate surface area is 202 Å². The van der Waals surface area contributed by atoms with E-state index in [4.69, 9.17) is 14.2 Å². The van der Waals surface area contributed by atoms with E-state index in [1.807, 2.05) is 13.8 Å². The second kappa shape index (κ2) is 10.7. The SMILES string of the molecule is CCOc1ccc(NC(=O)COC(=O)Cn2c3ccccc3c(=O)c3ccccc32)cc1OCC. The minimum absolute atomic E-state index is 0.0954. The van der Waals surface area contributed by atoms with Crippen molar-refractivity contribution in [1.29, 1.82) is 0 Å². The first-order valence-electron chi connectivity index (χ1n) is 11.4. The standard InChI is InChI=1S/C27H26N2O6/c1-3-33-23-14-13-18(15-24(23)34-4-2)28-25(30)17-35-26(31)16-29-21-11-7-5-9-19(21)27(32)20-10-6-8-12-22(20)29/h5-15H,3-4,16-17H2,1-2H3,(H,28,30). The van der Waals surface area contributed by atoms with E-state index in [2.05, 4.69) is 5.32 Å². The lowest BCUT2D eigenvalue weighted by Gasteiger charge is -2.15. The highest BCUT2D eigenvalue weighted by atomic mass is 16.5. The molecule has 0 fully saturated rings. The normalized spacial score (nSPS) is 10.8. The molecule has 0 aliphatic rings. The van der Waals surface area contributed by atoms with Gasteiger partial charge in [0.2, 0.25) is 0 Å². The predicted octanol–water partition coefficient (Wildman–Crippen LogP) is 4.13. The van der Waals surface area contributed by atoms with E-state index in [9.17, 15) is 14.4 Å². The first kappa shape index (κ1) is 23.8. The van der Waals surface area contributed by atoms with Gasteiger partial charge in [0, 0.05) is 22.5 Å². The lowest BCUT2D eigenvalue weighted by molar-refractivity contribution is -0.147. The molecule has 0 radical (unpaired) electrons. The molecule has 0 spiro atoms. The number of esters is 1. The van der Waals surface area contributed by atoms with Crippen LogP contribution in [0.1, 0.15) is 13.8 Å². The third-order valence-corrected chi connectivity index (χ3v) is 5.36. The molecule has 0 atom stereocenters. The van der Waals surface area contributed by atoms with Crippen molar-refractivity contribution in [2.75, 3.05) is 25.1 Å². The molecule has 35 heavy (non-hydrogen) atoms. The summed E-state index contributed by atoms with van der Waals surface area (Å²) in [7, 11) is 0. The number of benzene rings is 3. The van der Waals surface area contributed by atoms with Crippen molar-refractivity contribution in [2.45, 2.75) is 20.4 Å². The zero-order chi connectivity index (χ0) is 24.8. The van der Waals surface area contributed by atoms with Crippen LogP contribution in [0.15, 0.2) is 71.5 Å². The number of ether oxygens (including phenoxy) is 3. The van der Waals surface area contributed by atoms with E-state index in [0.717, 1.165) is 0 Å². The molecule has 180 valence electrons. The highest BCUT2D eigenvalue weighted by molar-refractivity contribution is 5.95. The summed E-state index contributed by atoms with van der Waals surface area (Å²) < 4.78 is 18.1. The van der Waals surface area contributed by atoms with E-state index in [-0.39, 0.29) is 12.0 Å². The maximum Gasteiger partial charge on any atom is 0.326 e. The number of amides is 1. The van der Waals surface area contributed by atoms with Crippen LogP contribution >= 0.6 is 0 Å². The molecule has 1 aromatic heterocycles. The van der Waals surface area contributed by atoms with Crippen LogP contribution in [0.4, 0.5) is 5.69 Å². The fourth-order valence-corrected chi connectivity index (χ4v) is 3.89. The Hall–Kier alpha value is -4.33. The number of pyridine rings is 1. The number of hydrogen-bond donors (Lipinski definition) is 1. The van der Waals surface area contributed by atoms with Crippen LogP contribution in [0.2, 0.25) is 0 Å². The van der Waals surface area contributed by atoms with Gasteiger partial charge in [-0.05, 0) is 50.2 Å². The van der Waals surface area contributed by atoms with Crippen LogP contribution in [0.3, 0.4) is 0 Å². The van der Waals surface area contributed by atoms with Gasteiger partial charge in [0.25, 0.3) is 5.91 Å². The number of carbonyl (C=O) groups is 2. The molecule has 1 heterocycles. The van der Waals surface area contributed by atoms with Crippen molar-refractivity contribution in [2.24, 2.45) is 0 Å². The third kappa shape index (κ3) is 5.27. The van der Waals surface area contributed by atoms with E-state index in [1.54, 1.807) is 71.3 Å². The number of anilines is 1. The predicted molar refractivity (Wildman–Crippen MR) is 134 cm³/mol. The summed E-state index contributed by atoms with van der Waals surface area (Å²) in [5, 5.41) is 3.72. The van der Waals surface area contributed by atoms with Crippen molar-refractivity contribution < 1.29 is 23.8 Å². The number of aromatic nitrogens is 1. The van der Waals surface area contributed by atoms with Gasteiger partial charge in [-0.3, -0.25) is 14.4 Å². The van der Waals surface area contributed by atoms with Crippen LogP contribution < -0.4 is 20.2 Å². The van der Waals surface area contributed by atoms with Gasteiger partial charge in [0.05, 0.1) is 24.2 Å². The minimum atomic E-state index is -0.596. The lowest BCUT2D eigenvalue weighted by atomic mass is 10.1. The first-order chi connectivity index (χ1) is 17.0. The van der Waals surface area contributed by atoms with E-state index >= 15 is 0 Å². The minimum Gasteiger partial charge on any atom is -0.490 e. The van der Waals surface area contributed by atoms with E-state index in [1.165, 1.54) is 0 Å². The van der Waals surface area contributed by atoms with Crippen LogP contribution in [0.25, 0.3) is 21.8 Å². The Bertz CT molecular complexity index is 1380. The molecule has 8 heteroatoms. The van der Waals surface area contributed by atoms with Crippen molar-refractivity contribution in [1.82, 2.24) is 4.57 Å². The highest BCUT2D eigenvalue weighted by Gasteiger charge is 2.15. The van der Waals surface area contributed by atoms with Crippen molar-refractivity contribution in [3.05, 3.63) is 77.0 Å². The van der Waals surface area contributed by atoms with Crippen molar-refractivity contribution in [3.8, 4) is 11.5 Å². The van der Waals surface area contributed by atoms with Crippen LogP contribution in [0, 0.1) is 0 Å². The van der Waals surface area contributed by atoms with E-state index in [0.29, 0.717) is 52.2 Å². The number of para-hydroxylation sites is 2. The zero-order valence-corrected chi connectivity index (χ0v) is 19.6. The van der Waals surface area contributed by atoms with Gasteiger partial charge in [0.1, 0.15) is 6.54 Å². The Morgan fingerprint density at radius 1 is 0.829 bits per heavy atom. The molecule has 4 rings (SSSR count). The molecular weight excluding hydrogens is 448 g/mol.